The molecule has 0 saturated carbocycles. The van der Waals surface area contributed by atoms with Gasteiger partial charge in [0.25, 0.3) is 5.91 Å². The van der Waals surface area contributed by atoms with E-state index in [1.165, 1.54) is 16.2 Å². The van der Waals surface area contributed by atoms with E-state index in [4.69, 9.17) is 21.1 Å². The molecule has 0 unspecified atom stereocenters. The molecule has 1 aromatic heterocycles. The first-order valence-electron chi connectivity index (χ1n) is 8.52. The summed E-state index contributed by atoms with van der Waals surface area (Å²) in [4.78, 5) is 13.9. The fourth-order valence-corrected chi connectivity index (χ4v) is 5.00. The van der Waals surface area contributed by atoms with Gasteiger partial charge < -0.3 is 14.8 Å². The fraction of sp³-hybridized carbons (Fsp3) is 0.368. The van der Waals surface area contributed by atoms with E-state index in [1.807, 2.05) is 0 Å². The standard InChI is InChI=1S/C19H17ClN2O3S/c1-10-2-3-12-13(9-21)19(26-16(12)6-10)22-18(23)11-7-14(20)17-15(8-11)24-4-5-25-17/h7-8,10H,2-6H2,1H3,(H,22,23)/t10-/m1/s1. The molecule has 1 amide bonds. The van der Waals surface area contributed by atoms with Crippen LogP contribution in [0.4, 0.5) is 5.00 Å². The van der Waals surface area contributed by atoms with Crippen LogP contribution in [0.1, 0.15) is 39.7 Å². The molecule has 2 aliphatic rings. The third-order valence-electron chi connectivity index (χ3n) is 4.71. The van der Waals surface area contributed by atoms with Gasteiger partial charge in [-0.15, -0.1) is 11.3 Å². The predicted molar refractivity (Wildman–Crippen MR) is 101 cm³/mol. The molecule has 4 rings (SSSR count). The molecule has 0 bridgehead atoms. The molecule has 1 aromatic carbocycles. The van der Waals surface area contributed by atoms with Gasteiger partial charge in [-0.2, -0.15) is 5.26 Å². The van der Waals surface area contributed by atoms with Crippen molar-refractivity contribution in [2.45, 2.75) is 26.2 Å². The second-order valence-electron chi connectivity index (χ2n) is 6.60. The van der Waals surface area contributed by atoms with Crippen LogP contribution in [0.5, 0.6) is 11.5 Å². The van der Waals surface area contributed by atoms with Crippen molar-refractivity contribution in [3.63, 3.8) is 0 Å². The van der Waals surface area contributed by atoms with Gasteiger partial charge in [-0.3, -0.25) is 4.79 Å². The number of benzene rings is 1. The first kappa shape index (κ1) is 17.2. The highest BCUT2D eigenvalue weighted by atomic mass is 35.5. The number of ether oxygens (including phenoxy) is 2. The van der Waals surface area contributed by atoms with Crippen LogP contribution in [0, 0.1) is 17.2 Å². The molecular weight excluding hydrogens is 372 g/mol. The first-order chi connectivity index (χ1) is 12.6. The molecular formula is C19H17ClN2O3S. The normalized spacial score (nSPS) is 18.0. The Morgan fingerprint density at radius 1 is 1.38 bits per heavy atom. The van der Waals surface area contributed by atoms with Gasteiger partial charge in [-0.1, -0.05) is 18.5 Å². The van der Waals surface area contributed by atoms with Crippen LogP contribution in [-0.4, -0.2) is 19.1 Å². The number of rotatable bonds is 2. The van der Waals surface area contributed by atoms with E-state index >= 15 is 0 Å². The summed E-state index contributed by atoms with van der Waals surface area (Å²) in [5.74, 6) is 1.22. The molecule has 7 heteroatoms. The Morgan fingerprint density at radius 3 is 3.00 bits per heavy atom. The van der Waals surface area contributed by atoms with Gasteiger partial charge >= 0.3 is 0 Å². The zero-order valence-electron chi connectivity index (χ0n) is 14.2. The van der Waals surface area contributed by atoms with E-state index in [9.17, 15) is 10.1 Å². The number of halogens is 1. The molecule has 0 fully saturated rings. The molecule has 0 saturated heterocycles. The highest BCUT2D eigenvalue weighted by molar-refractivity contribution is 7.16. The number of nitrogens with zero attached hydrogens (tertiary/aromatic N) is 1. The van der Waals surface area contributed by atoms with Gasteiger partial charge in [0.05, 0.1) is 10.6 Å². The molecule has 134 valence electrons. The minimum absolute atomic E-state index is 0.313. The lowest BCUT2D eigenvalue weighted by Gasteiger charge is -2.20. The van der Waals surface area contributed by atoms with Crippen LogP contribution in [-0.2, 0) is 12.8 Å². The molecule has 2 heterocycles. The van der Waals surface area contributed by atoms with E-state index in [2.05, 4.69) is 18.3 Å². The maximum absolute atomic E-state index is 12.7. The molecule has 1 aliphatic carbocycles. The van der Waals surface area contributed by atoms with Gasteiger partial charge in [-0.05, 0) is 42.9 Å². The SMILES string of the molecule is C[C@@H]1CCc2c(sc(NC(=O)c3cc(Cl)c4c(c3)OCCO4)c2C#N)C1. The molecule has 1 N–H and O–H groups in total. The number of carbonyl (C=O) groups is 1. The summed E-state index contributed by atoms with van der Waals surface area (Å²) in [6.07, 6.45) is 2.92. The second kappa shape index (κ2) is 6.82. The highest BCUT2D eigenvalue weighted by Gasteiger charge is 2.25. The summed E-state index contributed by atoms with van der Waals surface area (Å²) >= 11 is 7.72. The van der Waals surface area contributed by atoms with E-state index < -0.39 is 0 Å². The van der Waals surface area contributed by atoms with Crippen LogP contribution in [0.3, 0.4) is 0 Å². The Kier molecular flexibility index (Phi) is 4.51. The van der Waals surface area contributed by atoms with Gasteiger partial charge in [0.2, 0.25) is 0 Å². The van der Waals surface area contributed by atoms with Crippen molar-refractivity contribution >= 4 is 33.8 Å². The summed E-state index contributed by atoms with van der Waals surface area (Å²) in [6.45, 7) is 3.07. The van der Waals surface area contributed by atoms with Crippen LogP contribution in [0.2, 0.25) is 5.02 Å². The molecule has 2 aromatic rings. The average molecular weight is 389 g/mol. The van der Waals surface area contributed by atoms with Gasteiger partial charge in [0.15, 0.2) is 11.5 Å². The monoisotopic (exact) mass is 388 g/mol. The van der Waals surface area contributed by atoms with E-state index in [0.717, 1.165) is 24.8 Å². The van der Waals surface area contributed by atoms with Crippen molar-refractivity contribution < 1.29 is 14.3 Å². The Labute approximate surface area is 160 Å². The van der Waals surface area contributed by atoms with Crippen molar-refractivity contribution in [1.82, 2.24) is 0 Å². The third-order valence-corrected chi connectivity index (χ3v) is 6.16. The van der Waals surface area contributed by atoms with E-state index in [-0.39, 0.29) is 5.91 Å². The van der Waals surface area contributed by atoms with Crippen molar-refractivity contribution in [3.05, 3.63) is 38.7 Å². The minimum Gasteiger partial charge on any atom is -0.486 e. The Morgan fingerprint density at radius 2 is 2.19 bits per heavy atom. The maximum atomic E-state index is 12.7. The zero-order valence-corrected chi connectivity index (χ0v) is 15.8. The number of hydrogen-bond acceptors (Lipinski definition) is 5. The molecule has 1 atom stereocenters. The minimum atomic E-state index is -0.313. The Bertz CT molecular complexity index is 932. The third kappa shape index (κ3) is 3.02. The number of anilines is 1. The second-order valence-corrected chi connectivity index (χ2v) is 8.12. The number of nitrogens with one attached hydrogen (secondary N) is 1. The molecule has 5 nitrogen and oxygen atoms in total. The first-order valence-corrected chi connectivity index (χ1v) is 9.71. The Balaban J connectivity index is 1.63. The van der Waals surface area contributed by atoms with Crippen molar-refractivity contribution in [1.29, 1.82) is 5.26 Å². The number of thiophene rings is 1. The largest absolute Gasteiger partial charge is 0.486 e. The molecule has 0 radical (unpaired) electrons. The van der Waals surface area contributed by atoms with Gasteiger partial charge in [0, 0.05) is 10.4 Å². The number of amides is 1. The fourth-order valence-electron chi connectivity index (χ4n) is 3.37. The molecule has 26 heavy (non-hydrogen) atoms. The number of hydrogen-bond donors (Lipinski definition) is 1. The highest BCUT2D eigenvalue weighted by Crippen LogP contribution is 2.41. The lowest BCUT2D eigenvalue weighted by Crippen LogP contribution is -2.17. The van der Waals surface area contributed by atoms with Crippen LogP contribution >= 0.6 is 22.9 Å². The zero-order chi connectivity index (χ0) is 18.3. The van der Waals surface area contributed by atoms with Crippen molar-refractivity contribution in [3.8, 4) is 17.6 Å². The number of nitriles is 1. The van der Waals surface area contributed by atoms with Crippen molar-refractivity contribution in [2.75, 3.05) is 18.5 Å². The lowest BCUT2D eigenvalue weighted by atomic mass is 9.88. The van der Waals surface area contributed by atoms with Gasteiger partial charge in [-0.25, -0.2) is 0 Å². The smallest absolute Gasteiger partial charge is 0.256 e. The van der Waals surface area contributed by atoms with Crippen LogP contribution in [0.25, 0.3) is 0 Å². The lowest BCUT2D eigenvalue weighted by molar-refractivity contribution is 0.102. The summed E-state index contributed by atoms with van der Waals surface area (Å²) in [6, 6.07) is 5.45. The Hall–Kier alpha value is -2.23. The summed E-state index contributed by atoms with van der Waals surface area (Å²) in [5.41, 5.74) is 2.06. The quantitative estimate of drug-likeness (QED) is 0.826. The topological polar surface area (TPSA) is 71.3 Å². The number of carbonyl (C=O) groups excluding carboxylic acids is 1. The molecule has 1 aliphatic heterocycles. The van der Waals surface area contributed by atoms with Crippen molar-refractivity contribution in [2.24, 2.45) is 5.92 Å². The van der Waals surface area contributed by atoms with Crippen LogP contribution < -0.4 is 14.8 Å². The average Bonchev–Trinajstić information content (AvgIpc) is 2.97. The molecule has 0 spiro atoms. The van der Waals surface area contributed by atoms with E-state index in [1.54, 1.807) is 12.1 Å². The number of fused-ring (bicyclic) bond motifs is 2. The maximum Gasteiger partial charge on any atom is 0.256 e. The predicted octanol–water partition coefficient (Wildman–Crippen LogP) is 4.42. The summed E-state index contributed by atoms with van der Waals surface area (Å²) in [7, 11) is 0. The van der Waals surface area contributed by atoms with E-state index in [0.29, 0.717) is 51.8 Å². The summed E-state index contributed by atoms with van der Waals surface area (Å²) in [5, 5.41) is 13.4. The summed E-state index contributed by atoms with van der Waals surface area (Å²) < 4.78 is 11.0. The van der Waals surface area contributed by atoms with Crippen LogP contribution in [0.15, 0.2) is 12.1 Å². The van der Waals surface area contributed by atoms with Gasteiger partial charge in [0.1, 0.15) is 24.3 Å².